The fourth-order valence-corrected chi connectivity index (χ4v) is 2.01. The lowest BCUT2D eigenvalue weighted by Crippen LogP contribution is -2.19. The topological polar surface area (TPSA) is 68.1 Å². The minimum absolute atomic E-state index is 0.00221. The Morgan fingerprint density at radius 1 is 1.47 bits per heavy atom. The van der Waals surface area contributed by atoms with Gasteiger partial charge in [0.05, 0.1) is 7.11 Å². The molecule has 0 amide bonds. The number of H-pyrrole nitrogens is 1. The lowest BCUT2D eigenvalue weighted by Gasteiger charge is -2.06. The first-order chi connectivity index (χ1) is 8.13. The number of fused-ring (bicyclic) bond motifs is 1. The predicted octanol–water partition coefficient (Wildman–Crippen LogP) is 1.84. The molecule has 0 saturated heterocycles. The smallest absolute Gasteiger partial charge is 0.354 e. The molecule has 0 fully saturated rings. The number of ether oxygens (including phenoxy) is 1. The van der Waals surface area contributed by atoms with Crippen molar-refractivity contribution in [1.29, 1.82) is 0 Å². The van der Waals surface area contributed by atoms with Gasteiger partial charge in [0.1, 0.15) is 5.69 Å². The van der Waals surface area contributed by atoms with Crippen molar-refractivity contribution in [2.24, 2.45) is 5.73 Å². The molecule has 0 spiro atoms. The first-order valence-corrected chi connectivity index (χ1v) is 5.57. The summed E-state index contributed by atoms with van der Waals surface area (Å²) in [6, 6.07) is 7.79. The highest BCUT2D eigenvalue weighted by molar-refractivity contribution is 5.98. The number of methoxy groups -OCH3 is 1. The number of aromatic nitrogens is 1. The summed E-state index contributed by atoms with van der Waals surface area (Å²) in [4.78, 5) is 14.8. The second-order valence-electron chi connectivity index (χ2n) is 4.20. The molecule has 0 saturated carbocycles. The molecule has 4 nitrogen and oxygen atoms in total. The van der Waals surface area contributed by atoms with Crippen LogP contribution < -0.4 is 5.73 Å². The maximum atomic E-state index is 11.7. The molecule has 3 N–H and O–H groups in total. The van der Waals surface area contributed by atoms with Crippen molar-refractivity contribution in [2.45, 2.75) is 19.4 Å². The number of para-hydroxylation sites is 1. The van der Waals surface area contributed by atoms with Gasteiger partial charge in [0.15, 0.2) is 0 Å². The van der Waals surface area contributed by atoms with Crippen molar-refractivity contribution in [3.63, 3.8) is 0 Å². The Bertz CT molecular complexity index is 543. The van der Waals surface area contributed by atoms with Crippen molar-refractivity contribution in [2.75, 3.05) is 7.11 Å². The molecule has 0 radical (unpaired) electrons. The zero-order chi connectivity index (χ0) is 12.4. The van der Waals surface area contributed by atoms with E-state index in [1.807, 2.05) is 31.2 Å². The second-order valence-corrected chi connectivity index (χ2v) is 4.20. The summed E-state index contributed by atoms with van der Waals surface area (Å²) in [5, 5.41) is 1.03. The highest BCUT2D eigenvalue weighted by atomic mass is 16.5. The van der Waals surface area contributed by atoms with Gasteiger partial charge < -0.3 is 15.5 Å². The Hall–Kier alpha value is -1.81. The summed E-state index contributed by atoms with van der Waals surface area (Å²) in [5.74, 6) is -0.350. The summed E-state index contributed by atoms with van der Waals surface area (Å²) in [7, 11) is 1.38. The van der Waals surface area contributed by atoms with Crippen molar-refractivity contribution < 1.29 is 9.53 Å². The number of carbonyl (C=O) groups excluding carboxylic acids is 1. The maximum absolute atomic E-state index is 11.7. The van der Waals surface area contributed by atoms with Crippen molar-refractivity contribution >= 4 is 16.9 Å². The third-order valence-electron chi connectivity index (χ3n) is 2.73. The maximum Gasteiger partial charge on any atom is 0.354 e. The number of hydrogen-bond donors (Lipinski definition) is 2. The third-order valence-corrected chi connectivity index (χ3v) is 2.73. The van der Waals surface area contributed by atoms with Gasteiger partial charge in [-0.2, -0.15) is 0 Å². The molecule has 1 unspecified atom stereocenters. The largest absolute Gasteiger partial charge is 0.464 e. The molecule has 2 aromatic rings. The van der Waals surface area contributed by atoms with E-state index in [1.54, 1.807) is 0 Å². The van der Waals surface area contributed by atoms with E-state index in [1.165, 1.54) is 7.11 Å². The summed E-state index contributed by atoms with van der Waals surface area (Å²) < 4.78 is 4.78. The van der Waals surface area contributed by atoms with Crippen LogP contribution in [0.2, 0.25) is 0 Å². The van der Waals surface area contributed by atoms with E-state index in [-0.39, 0.29) is 12.0 Å². The monoisotopic (exact) mass is 232 g/mol. The zero-order valence-electron chi connectivity index (χ0n) is 9.99. The Kier molecular flexibility index (Phi) is 3.15. The van der Waals surface area contributed by atoms with Crippen LogP contribution in [0, 0.1) is 0 Å². The van der Waals surface area contributed by atoms with Gasteiger partial charge in [0, 0.05) is 16.9 Å². The molecule has 1 heterocycles. The molecule has 0 bridgehead atoms. The van der Waals surface area contributed by atoms with Crippen LogP contribution in [0.3, 0.4) is 0 Å². The fourth-order valence-electron chi connectivity index (χ4n) is 2.01. The minimum atomic E-state index is -0.350. The molecule has 1 aromatic heterocycles. The van der Waals surface area contributed by atoms with E-state index in [0.29, 0.717) is 12.1 Å². The average molecular weight is 232 g/mol. The molecule has 90 valence electrons. The van der Waals surface area contributed by atoms with Gasteiger partial charge in [-0.15, -0.1) is 0 Å². The number of nitrogens with two attached hydrogens (primary N) is 1. The lowest BCUT2D eigenvalue weighted by atomic mass is 10.0. The Morgan fingerprint density at radius 2 is 2.18 bits per heavy atom. The molecule has 0 aliphatic rings. The standard InChI is InChI=1S/C13H16N2O2/c1-8(14)7-10-9-5-3-4-6-11(9)15-12(10)13(16)17-2/h3-6,8,15H,7,14H2,1-2H3. The highest BCUT2D eigenvalue weighted by Gasteiger charge is 2.18. The van der Waals surface area contributed by atoms with E-state index in [0.717, 1.165) is 16.5 Å². The molecule has 1 atom stereocenters. The zero-order valence-corrected chi connectivity index (χ0v) is 9.99. The van der Waals surface area contributed by atoms with Crippen LogP contribution in [0.5, 0.6) is 0 Å². The predicted molar refractivity (Wildman–Crippen MR) is 67.0 cm³/mol. The highest BCUT2D eigenvalue weighted by Crippen LogP contribution is 2.24. The van der Waals surface area contributed by atoms with E-state index in [4.69, 9.17) is 10.5 Å². The van der Waals surface area contributed by atoms with Crippen LogP contribution in [-0.2, 0) is 11.2 Å². The van der Waals surface area contributed by atoms with Gasteiger partial charge >= 0.3 is 5.97 Å². The van der Waals surface area contributed by atoms with E-state index >= 15 is 0 Å². The summed E-state index contributed by atoms with van der Waals surface area (Å²) in [6.07, 6.45) is 0.647. The fraction of sp³-hybridized carbons (Fsp3) is 0.308. The van der Waals surface area contributed by atoms with Crippen LogP contribution in [0.15, 0.2) is 24.3 Å². The number of carbonyl (C=O) groups is 1. The van der Waals surface area contributed by atoms with Gasteiger partial charge in [-0.1, -0.05) is 18.2 Å². The number of benzene rings is 1. The molecule has 2 rings (SSSR count). The Balaban J connectivity index is 2.60. The van der Waals surface area contributed by atoms with Gasteiger partial charge in [-0.3, -0.25) is 0 Å². The van der Waals surface area contributed by atoms with E-state index in [9.17, 15) is 4.79 Å². The van der Waals surface area contributed by atoms with Crippen LogP contribution in [-0.4, -0.2) is 24.1 Å². The van der Waals surface area contributed by atoms with Crippen molar-refractivity contribution in [1.82, 2.24) is 4.98 Å². The Morgan fingerprint density at radius 3 is 2.82 bits per heavy atom. The van der Waals surface area contributed by atoms with Crippen LogP contribution >= 0.6 is 0 Å². The third kappa shape index (κ3) is 2.17. The number of nitrogens with one attached hydrogen (secondary N) is 1. The minimum Gasteiger partial charge on any atom is -0.464 e. The number of aromatic amines is 1. The van der Waals surface area contributed by atoms with Gasteiger partial charge in [0.25, 0.3) is 0 Å². The van der Waals surface area contributed by atoms with Gasteiger partial charge in [0.2, 0.25) is 0 Å². The van der Waals surface area contributed by atoms with Crippen LogP contribution in [0.4, 0.5) is 0 Å². The number of esters is 1. The quantitative estimate of drug-likeness (QED) is 0.793. The number of hydrogen-bond acceptors (Lipinski definition) is 3. The molecule has 0 aliphatic heterocycles. The molecular formula is C13H16N2O2. The normalized spacial score (nSPS) is 12.6. The summed E-state index contributed by atoms with van der Waals surface area (Å²) in [6.45, 7) is 1.92. The first kappa shape index (κ1) is 11.7. The van der Waals surface area contributed by atoms with Crippen molar-refractivity contribution in [3.8, 4) is 0 Å². The number of rotatable bonds is 3. The van der Waals surface area contributed by atoms with Gasteiger partial charge in [-0.05, 0) is 25.0 Å². The first-order valence-electron chi connectivity index (χ1n) is 5.57. The van der Waals surface area contributed by atoms with Crippen molar-refractivity contribution in [3.05, 3.63) is 35.5 Å². The van der Waals surface area contributed by atoms with Crippen LogP contribution in [0.25, 0.3) is 10.9 Å². The second kappa shape index (κ2) is 4.59. The average Bonchev–Trinajstić information content (AvgIpc) is 2.67. The summed E-state index contributed by atoms with van der Waals surface area (Å²) in [5.41, 5.74) is 8.19. The SMILES string of the molecule is COC(=O)c1[nH]c2ccccc2c1CC(C)N. The van der Waals surface area contributed by atoms with E-state index in [2.05, 4.69) is 4.98 Å². The molecule has 1 aromatic carbocycles. The Labute approximate surface area is 99.8 Å². The lowest BCUT2D eigenvalue weighted by molar-refractivity contribution is 0.0594. The van der Waals surface area contributed by atoms with Crippen LogP contribution in [0.1, 0.15) is 23.0 Å². The molecule has 0 aliphatic carbocycles. The van der Waals surface area contributed by atoms with E-state index < -0.39 is 0 Å². The molecule has 4 heteroatoms. The molecule has 17 heavy (non-hydrogen) atoms. The molecular weight excluding hydrogens is 216 g/mol. The van der Waals surface area contributed by atoms with Gasteiger partial charge in [-0.25, -0.2) is 4.79 Å². The summed E-state index contributed by atoms with van der Waals surface area (Å²) >= 11 is 0.